The lowest BCUT2D eigenvalue weighted by Crippen LogP contribution is -2.15. The van der Waals surface area contributed by atoms with E-state index in [9.17, 15) is 4.79 Å². The third kappa shape index (κ3) is 4.13. The van der Waals surface area contributed by atoms with Crippen molar-refractivity contribution < 1.29 is 9.32 Å². The standard InChI is InChI=1S/C15H18N2O2S/c1-10-4-5-14(11(2)6-10)16-15(18)9-20-8-13-7-12(3)17-19-13/h4-7H,8-9H2,1-3H3,(H,16,18). The van der Waals surface area contributed by atoms with Crippen molar-refractivity contribution in [1.29, 1.82) is 0 Å². The van der Waals surface area contributed by atoms with E-state index in [0.29, 0.717) is 11.5 Å². The van der Waals surface area contributed by atoms with Gasteiger partial charge in [-0.3, -0.25) is 4.79 Å². The highest BCUT2D eigenvalue weighted by Crippen LogP contribution is 2.17. The van der Waals surface area contributed by atoms with Crippen LogP contribution in [0.25, 0.3) is 0 Å². The second-order valence-corrected chi connectivity index (χ2v) is 5.78. The van der Waals surface area contributed by atoms with Crippen molar-refractivity contribution >= 4 is 23.4 Å². The molecule has 1 heterocycles. The second kappa shape index (κ2) is 6.61. The highest BCUT2D eigenvalue weighted by molar-refractivity contribution is 7.99. The van der Waals surface area contributed by atoms with Gasteiger partial charge in [-0.05, 0) is 32.4 Å². The van der Waals surface area contributed by atoms with Gasteiger partial charge in [-0.1, -0.05) is 22.9 Å². The first-order valence-corrected chi connectivity index (χ1v) is 7.57. The van der Waals surface area contributed by atoms with Crippen LogP contribution in [-0.4, -0.2) is 16.8 Å². The Kier molecular flexibility index (Phi) is 4.84. The first-order chi connectivity index (χ1) is 9.54. The predicted molar refractivity (Wildman–Crippen MR) is 81.9 cm³/mol. The fourth-order valence-electron chi connectivity index (χ4n) is 1.87. The Labute approximate surface area is 122 Å². The summed E-state index contributed by atoms with van der Waals surface area (Å²) in [5, 5.41) is 6.74. The van der Waals surface area contributed by atoms with E-state index in [2.05, 4.69) is 16.5 Å². The van der Waals surface area contributed by atoms with E-state index in [4.69, 9.17) is 4.52 Å². The molecule has 0 bridgehead atoms. The van der Waals surface area contributed by atoms with E-state index in [1.807, 2.05) is 39.0 Å². The summed E-state index contributed by atoms with van der Waals surface area (Å²) >= 11 is 1.51. The number of hydrogen-bond donors (Lipinski definition) is 1. The fraction of sp³-hybridized carbons (Fsp3) is 0.333. The molecule has 2 aromatic rings. The molecular formula is C15H18N2O2S. The maximum Gasteiger partial charge on any atom is 0.234 e. The summed E-state index contributed by atoms with van der Waals surface area (Å²) in [5.74, 6) is 1.85. The van der Waals surface area contributed by atoms with Gasteiger partial charge in [0.15, 0.2) is 0 Å². The van der Waals surface area contributed by atoms with Crippen LogP contribution < -0.4 is 5.32 Å². The van der Waals surface area contributed by atoms with Gasteiger partial charge in [-0.15, -0.1) is 11.8 Å². The summed E-state index contributed by atoms with van der Waals surface area (Å²) in [4.78, 5) is 11.9. The lowest BCUT2D eigenvalue weighted by atomic mass is 10.1. The zero-order valence-corrected chi connectivity index (χ0v) is 12.7. The molecular weight excluding hydrogens is 272 g/mol. The summed E-state index contributed by atoms with van der Waals surface area (Å²) in [6.45, 7) is 5.91. The molecule has 0 aliphatic carbocycles. The summed E-state index contributed by atoms with van der Waals surface area (Å²) in [7, 11) is 0. The number of aromatic nitrogens is 1. The quantitative estimate of drug-likeness (QED) is 0.916. The minimum atomic E-state index is -0.00168. The van der Waals surface area contributed by atoms with Crippen molar-refractivity contribution in [2.75, 3.05) is 11.1 Å². The number of nitrogens with zero attached hydrogens (tertiary/aromatic N) is 1. The minimum absolute atomic E-state index is 0.00168. The van der Waals surface area contributed by atoms with Crippen LogP contribution in [0, 0.1) is 20.8 Å². The molecule has 0 spiro atoms. The first kappa shape index (κ1) is 14.7. The average Bonchev–Trinajstić information content (AvgIpc) is 2.79. The maximum atomic E-state index is 11.9. The van der Waals surface area contributed by atoms with Gasteiger partial charge < -0.3 is 9.84 Å². The van der Waals surface area contributed by atoms with Crippen LogP contribution in [0.1, 0.15) is 22.6 Å². The van der Waals surface area contributed by atoms with Crippen molar-refractivity contribution in [2.24, 2.45) is 0 Å². The largest absolute Gasteiger partial charge is 0.360 e. The molecule has 2 rings (SSSR count). The Balaban J connectivity index is 1.80. The second-order valence-electron chi connectivity index (χ2n) is 4.79. The van der Waals surface area contributed by atoms with E-state index >= 15 is 0 Å². The molecule has 0 aliphatic rings. The number of carbonyl (C=O) groups is 1. The molecule has 5 heteroatoms. The van der Waals surface area contributed by atoms with Gasteiger partial charge in [0.1, 0.15) is 5.76 Å². The molecule has 20 heavy (non-hydrogen) atoms. The zero-order valence-electron chi connectivity index (χ0n) is 11.9. The van der Waals surface area contributed by atoms with Gasteiger partial charge in [-0.2, -0.15) is 0 Å². The van der Waals surface area contributed by atoms with Crippen molar-refractivity contribution in [3.8, 4) is 0 Å². The summed E-state index contributed by atoms with van der Waals surface area (Å²) in [6, 6.07) is 7.87. The van der Waals surface area contributed by atoms with Gasteiger partial charge in [0.2, 0.25) is 5.91 Å². The fourth-order valence-corrected chi connectivity index (χ4v) is 2.57. The summed E-state index contributed by atoms with van der Waals surface area (Å²) < 4.78 is 5.09. The molecule has 0 saturated carbocycles. The molecule has 1 aromatic heterocycles. The molecule has 1 N–H and O–H groups in total. The Bertz CT molecular complexity index is 608. The number of benzene rings is 1. The van der Waals surface area contributed by atoms with Gasteiger partial charge in [0.05, 0.1) is 17.2 Å². The molecule has 106 valence electrons. The Morgan fingerprint density at radius 1 is 1.30 bits per heavy atom. The third-order valence-corrected chi connectivity index (χ3v) is 3.77. The van der Waals surface area contributed by atoms with E-state index < -0.39 is 0 Å². The number of nitrogens with one attached hydrogen (secondary N) is 1. The Morgan fingerprint density at radius 2 is 2.10 bits per heavy atom. The van der Waals surface area contributed by atoms with Gasteiger partial charge in [-0.25, -0.2) is 0 Å². The van der Waals surface area contributed by atoms with E-state index in [0.717, 1.165) is 22.7 Å². The lowest BCUT2D eigenvalue weighted by molar-refractivity contribution is -0.113. The molecule has 0 aliphatic heterocycles. The molecule has 1 aromatic carbocycles. The molecule has 0 fully saturated rings. The van der Waals surface area contributed by atoms with Crippen molar-refractivity contribution in [3.05, 3.63) is 46.8 Å². The molecule has 4 nitrogen and oxygen atoms in total. The predicted octanol–water partition coefficient (Wildman–Crippen LogP) is 3.47. The van der Waals surface area contributed by atoms with Crippen LogP contribution in [0.2, 0.25) is 0 Å². The number of rotatable bonds is 5. The van der Waals surface area contributed by atoms with Gasteiger partial charge in [0.25, 0.3) is 0 Å². The number of amides is 1. The number of thioether (sulfide) groups is 1. The summed E-state index contributed by atoms with van der Waals surface area (Å²) in [5.41, 5.74) is 4.00. The number of carbonyl (C=O) groups excluding carboxylic acids is 1. The van der Waals surface area contributed by atoms with Crippen molar-refractivity contribution in [1.82, 2.24) is 5.16 Å². The normalized spacial score (nSPS) is 10.6. The maximum absolute atomic E-state index is 11.9. The number of aryl methyl sites for hydroxylation is 3. The zero-order chi connectivity index (χ0) is 14.5. The minimum Gasteiger partial charge on any atom is -0.360 e. The molecule has 0 atom stereocenters. The molecule has 0 saturated heterocycles. The third-order valence-electron chi connectivity index (χ3n) is 2.81. The van der Waals surface area contributed by atoms with Crippen LogP contribution in [0.5, 0.6) is 0 Å². The molecule has 0 unspecified atom stereocenters. The number of hydrogen-bond acceptors (Lipinski definition) is 4. The van der Waals surface area contributed by atoms with Crippen LogP contribution in [0.15, 0.2) is 28.8 Å². The highest BCUT2D eigenvalue weighted by atomic mass is 32.2. The first-order valence-electron chi connectivity index (χ1n) is 6.41. The van der Waals surface area contributed by atoms with Gasteiger partial charge >= 0.3 is 0 Å². The van der Waals surface area contributed by atoms with E-state index in [1.54, 1.807) is 0 Å². The Hall–Kier alpha value is -1.75. The lowest BCUT2D eigenvalue weighted by Gasteiger charge is -2.08. The SMILES string of the molecule is Cc1ccc(NC(=O)CSCc2cc(C)no2)c(C)c1. The van der Waals surface area contributed by atoms with Crippen LogP contribution in [-0.2, 0) is 10.5 Å². The Morgan fingerprint density at radius 3 is 2.75 bits per heavy atom. The van der Waals surface area contributed by atoms with E-state index in [1.165, 1.54) is 17.3 Å². The molecule has 1 amide bonds. The van der Waals surface area contributed by atoms with Crippen molar-refractivity contribution in [3.63, 3.8) is 0 Å². The monoisotopic (exact) mass is 290 g/mol. The van der Waals surface area contributed by atoms with E-state index in [-0.39, 0.29) is 5.91 Å². The summed E-state index contributed by atoms with van der Waals surface area (Å²) in [6.07, 6.45) is 0. The number of anilines is 1. The topological polar surface area (TPSA) is 55.1 Å². The van der Waals surface area contributed by atoms with Crippen molar-refractivity contribution in [2.45, 2.75) is 26.5 Å². The van der Waals surface area contributed by atoms with Crippen LogP contribution in [0.3, 0.4) is 0 Å². The smallest absolute Gasteiger partial charge is 0.234 e. The van der Waals surface area contributed by atoms with Crippen LogP contribution >= 0.6 is 11.8 Å². The average molecular weight is 290 g/mol. The van der Waals surface area contributed by atoms with Gasteiger partial charge in [0, 0.05) is 11.8 Å². The van der Waals surface area contributed by atoms with Crippen LogP contribution in [0.4, 0.5) is 5.69 Å². The highest BCUT2D eigenvalue weighted by Gasteiger charge is 2.07. The molecule has 0 radical (unpaired) electrons.